The van der Waals surface area contributed by atoms with Crippen molar-refractivity contribution in [2.24, 2.45) is 0 Å². The zero-order valence-corrected chi connectivity index (χ0v) is 13.8. The average molecular weight is 317 g/mol. The predicted octanol–water partition coefficient (Wildman–Crippen LogP) is 3.45. The number of carbonyl (C=O) groups is 1. The number of rotatable bonds is 8. The number of halogens is 2. The number of Topliss-reactive ketones (excluding diaryl/α,β-unsaturated/α-hetero) is 1. The molecule has 0 fully saturated rings. The Morgan fingerprint density at radius 1 is 1.10 bits per heavy atom. The predicted molar refractivity (Wildman–Crippen MR) is 86.1 cm³/mol. The van der Waals surface area contributed by atoms with E-state index >= 15 is 0 Å². The fourth-order valence-electron chi connectivity index (χ4n) is 1.91. The van der Waals surface area contributed by atoms with E-state index in [0.717, 1.165) is 26.1 Å². The van der Waals surface area contributed by atoms with Crippen molar-refractivity contribution < 1.29 is 4.79 Å². The van der Waals surface area contributed by atoms with Gasteiger partial charge in [0.05, 0.1) is 10.0 Å². The lowest BCUT2D eigenvalue weighted by molar-refractivity contribution is 0.0968. The largest absolute Gasteiger partial charge is 0.309 e. The van der Waals surface area contributed by atoms with Crippen molar-refractivity contribution >= 4 is 29.0 Å². The van der Waals surface area contributed by atoms with Gasteiger partial charge in [0.15, 0.2) is 5.78 Å². The first-order valence-corrected chi connectivity index (χ1v) is 7.48. The van der Waals surface area contributed by atoms with Crippen LogP contribution in [0.4, 0.5) is 0 Å². The van der Waals surface area contributed by atoms with Crippen molar-refractivity contribution in [3.05, 3.63) is 33.8 Å². The number of nitrogens with zero attached hydrogens (tertiary/aromatic N) is 2. The fraction of sp³-hybridized carbons (Fsp3) is 0.533. The van der Waals surface area contributed by atoms with Crippen LogP contribution >= 0.6 is 23.2 Å². The fourth-order valence-corrected chi connectivity index (χ4v) is 2.32. The number of benzene rings is 1. The molecule has 0 heterocycles. The highest BCUT2D eigenvalue weighted by atomic mass is 35.5. The number of hydrogen-bond donors (Lipinski definition) is 0. The Hall–Kier alpha value is -0.610. The van der Waals surface area contributed by atoms with Gasteiger partial charge in [0.25, 0.3) is 0 Å². The first-order chi connectivity index (χ1) is 9.41. The second kappa shape index (κ2) is 8.63. The Kier molecular flexibility index (Phi) is 7.52. The van der Waals surface area contributed by atoms with Gasteiger partial charge in [-0.2, -0.15) is 0 Å². The van der Waals surface area contributed by atoms with E-state index in [2.05, 4.69) is 23.9 Å². The van der Waals surface area contributed by atoms with Gasteiger partial charge in [-0.05, 0) is 52.8 Å². The van der Waals surface area contributed by atoms with Gasteiger partial charge in [-0.15, -0.1) is 0 Å². The molecule has 0 aliphatic carbocycles. The lowest BCUT2D eigenvalue weighted by Crippen LogP contribution is -2.26. The van der Waals surface area contributed by atoms with Gasteiger partial charge in [-0.25, -0.2) is 0 Å². The SMILES string of the molecule is CN(C)CCCN(C)CCC(=O)c1cccc(Cl)c1Cl. The van der Waals surface area contributed by atoms with Crippen LogP contribution in [0.25, 0.3) is 0 Å². The monoisotopic (exact) mass is 316 g/mol. The highest BCUT2D eigenvalue weighted by Crippen LogP contribution is 2.26. The van der Waals surface area contributed by atoms with Gasteiger partial charge in [0.2, 0.25) is 0 Å². The molecule has 0 bridgehead atoms. The molecule has 3 nitrogen and oxygen atoms in total. The average Bonchev–Trinajstić information content (AvgIpc) is 2.38. The van der Waals surface area contributed by atoms with Crippen LogP contribution in [0.15, 0.2) is 18.2 Å². The summed E-state index contributed by atoms with van der Waals surface area (Å²) >= 11 is 12.0. The standard InChI is InChI=1S/C15H22Cl2N2O/c1-18(2)9-5-10-19(3)11-8-14(20)12-6-4-7-13(16)15(12)17/h4,6-7H,5,8-11H2,1-3H3. The third-order valence-electron chi connectivity index (χ3n) is 3.12. The van der Waals surface area contributed by atoms with Gasteiger partial charge >= 0.3 is 0 Å². The van der Waals surface area contributed by atoms with E-state index in [1.807, 2.05) is 7.05 Å². The van der Waals surface area contributed by atoms with Crippen LogP contribution in [0.1, 0.15) is 23.2 Å². The Morgan fingerprint density at radius 2 is 1.80 bits per heavy atom. The molecule has 0 aromatic heterocycles. The van der Waals surface area contributed by atoms with Gasteiger partial charge in [0.1, 0.15) is 0 Å². The van der Waals surface area contributed by atoms with Gasteiger partial charge < -0.3 is 9.80 Å². The first-order valence-electron chi connectivity index (χ1n) is 6.72. The minimum Gasteiger partial charge on any atom is -0.309 e. The molecule has 0 spiro atoms. The summed E-state index contributed by atoms with van der Waals surface area (Å²) in [4.78, 5) is 16.5. The molecule has 112 valence electrons. The zero-order chi connectivity index (χ0) is 15.1. The van der Waals surface area contributed by atoms with Crippen molar-refractivity contribution in [3.8, 4) is 0 Å². The van der Waals surface area contributed by atoms with E-state index in [4.69, 9.17) is 23.2 Å². The number of carbonyl (C=O) groups excluding carboxylic acids is 1. The molecule has 0 unspecified atom stereocenters. The van der Waals surface area contributed by atoms with Crippen molar-refractivity contribution in [2.75, 3.05) is 40.8 Å². The van der Waals surface area contributed by atoms with E-state index < -0.39 is 0 Å². The van der Waals surface area contributed by atoms with Gasteiger partial charge in [-0.1, -0.05) is 29.3 Å². The molecule has 0 saturated heterocycles. The zero-order valence-electron chi connectivity index (χ0n) is 12.3. The maximum atomic E-state index is 12.1. The van der Waals surface area contributed by atoms with E-state index in [0.29, 0.717) is 22.0 Å². The molecule has 0 aliphatic heterocycles. The van der Waals surface area contributed by atoms with Crippen LogP contribution in [0.5, 0.6) is 0 Å². The molecule has 1 aromatic carbocycles. The molecule has 0 radical (unpaired) electrons. The Balaban J connectivity index is 2.41. The topological polar surface area (TPSA) is 23.6 Å². The van der Waals surface area contributed by atoms with Gasteiger partial charge in [0, 0.05) is 18.5 Å². The normalized spacial score (nSPS) is 11.3. The number of ketones is 1. The van der Waals surface area contributed by atoms with Crippen molar-refractivity contribution in [1.82, 2.24) is 9.80 Å². The van der Waals surface area contributed by atoms with E-state index in [9.17, 15) is 4.79 Å². The quantitative estimate of drug-likeness (QED) is 0.686. The Morgan fingerprint density at radius 3 is 2.45 bits per heavy atom. The maximum absolute atomic E-state index is 12.1. The van der Waals surface area contributed by atoms with Crippen LogP contribution < -0.4 is 0 Å². The highest BCUT2D eigenvalue weighted by Gasteiger charge is 2.13. The molecule has 0 aliphatic rings. The Labute approximate surface area is 131 Å². The summed E-state index contributed by atoms with van der Waals surface area (Å²) in [7, 11) is 6.15. The van der Waals surface area contributed by atoms with E-state index in [-0.39, 0.29) is 5.78 Å². The third-order valence-corrected chi connectivity index (χ3v) is 3.94. The van der Waals surface area contributed by atoms with Gasteiger partial charge in [-0.3, -0.25) is 4.79 Å². The third kappa shape index (κ3) is 5.80. The minimum atomic E-state index is 0.0389. The molecule has 1 aromatic rings. The second-order valence-electron chi connectivity index (χ2n) is 5.23. The van der Waals surface area contributed by atoms with Crippen LogP contribution in [0.3, 0.4) is 0 Å². The molecule has 5 heteroatoms. The van der Waals surface area contributed by atoms with Crippen molar-refractivity contribution in [1.29, 1.82) is 0 Å². The lowest BCUT2D eigenvalue weighted by Gasteiger charge is -2.17. The minimum absolute atomic E-state index is 0.0389. The van der Waals surface area contributed by atoms with Crippen molar-refractivity contribution in [2.45, 2.75) is 12.8 Å². The second-order valence-corrected chi connectivity index (χ2v) is 6.02. The molecular weight excluding hydrogens is 295 g/mol. The summed E-state index contributed by atoms with van der Waals surface area (Å²) in [5.41, 5.74) is 0.515. The first kappa shape index (κ1) is 17.4. The molecule has 0 amide bonds. The van der Waals surface area contributed by atoms with Crippen LogP contribution in [-0.4, -0.2) is 56.4 Å². The number of hydrogen-bond acceptors (Lipinski definition) is 3. The smallest absolute Gasteiger partial charge is 0.165 e. The summed E-state index contributed by atoms with van der Waals surface area (Å²) in [5.74, 6) is 0.0389. The summed E-state index contributed by atoms with van der Waals surface area (Å²) in [5, 5.41) is 0.784. The molecule has 1 rings (SSSR count). The molecule has 0 saturated carbocycles. The Bertz CT molecular complexity index is 449. The molecule has 0 atom stereocenters. The summed E-state index contributed by atoms with van der Waals surface area (Å²) in [6.07, 6.45) is 1.55. The molecule has 0 N–H and O–H groups in total. The maximum Gasteiger partial charge on any atom is 0.165 e. The van der Waals surface area contributed by atoms with E-state index in [1.165, 1.54) is 0 Å². The summed E-state index contributed by atoms with van der Waals surface area (Å²) in [6.45, 7) is 2.77. The van der Waals surface area contributed by atoms with E-state index in [1.54, 1.807) is 18.2 Å². The summed E-state index contributed by atoms with van der Waals surface area (Å²) in [6, 6.07) is 5.17. The van der Waals surface area contributed by atoms with Crippen LogP contribution in [-0.2, 0) is 0 Å². The van der Waals surface area contributed by atoms with Crippen LogP contribution in [0, 0.1) is 0 Å². The van der Waals surface area contributed by atoms with Crippen molar-refractivity contribution in [3.63, 3.8) is 0 Å². The van der Waals surface area contributed by atoms with Crippen LogP contribution in [0.2, 0.25) is 10.0 Å². The summed E-state index contributed by atoms with van der Waals surface area (Å²) < 4.78 is 0. The lowest BCUT2D eigenvalue weighted by atomic mass is 10.1. The molecule has 20 heavy (non-hydrogen) atoms. The molecular formula is C15H22Cl2N2O. The highest BCUT2D eigenvalue weighted by molar-refractivity contribution is 6.43.